The van der Waals surface area contributed by atoms with Crippen LogP contribution in [0.5, 0.6) is 5.75 Å². The molecule has 1 aliphatic heterocycles. The SMILES string of the molecule is O=C(CC(F)(F)F)N1CCOc2cc(Br)cnc21. The Balaban J connectivity index is 2.25. The van der Waals surface area contributed by atoms with E-state index in [2.05, 4.69) is 20.9 Å². The molecule has 1 aromatic rings. The normalized spacial score (nSPS) is 15.0. The van der Waals surface area contributed by atoms with E-state index in [-0.39, 0.29) is 19.0 Å². The number of hydrogen-bond donors (Lipinski definition) is 0. The Morgan fingerprint density at radius 2 is 2.28 bits per heavy atom. The van der Waals surface area contributed by atoms with E-state index in [0.717, 1.165) is 4.90 Å². The lowest BCUT2D eigenvalue weighted by molar-refractivity contribution is -0.152. The molecule has 1 aliphatic rings. The predicted octanol–water partition coefficient (Wildman–Crippen LogP) is 2.52. The number of aromatic nitrogens is 1. The first kappa shape index (κ1) is 13.1. The fraction of sp³-hybridized carbons (Fsp3) is 0.400. The maximum absolute atomic E-state index is 12.2. The van der Waals surface area contributed by atoms with E-state index in [1.54, 1.807) is 6.07 Å². The second-order valence-corrected chi connectivity index (χ2v) is 4.58. The Kier molecular flexibility index (Phi) is 3.47. The van der Waals surface area contributed by atoms with Gasteiger partial charge in [0.2, 0.25) is 5.91 Å². The van der Waals surface area contributed by atoms with Crippen molar-refractivity contribution in [2.75, 3.05) is 18.1 Å². The molecular formula is C10H8BrF3N2O2. The molecule has 0 saturated heterocycles. The molecule has 0 saturated carbocycles. The molecule has 4 nitrogen and oxygen atoms in total. The van der Waals surface area contributed by atoms with Crippen molar-refractivity contribution in [3.8, 4) is 5.75 Å². The van der Waals surface area contributed by atoms with Gasteiger partial charge in [-0.15, -0.1) is 0 Å². The Labute approximate surface area is 109 Å². The first-order chi connectivity index (χ1) is 8.37. The summed E-state index contributed by atoms with van der Waals surface area (Å²) in [7, 11) is 0. The second-order valence-electron chi connectivity index (χ2n) is 3.66. The van der Waals surface area contributed by atoms with Crippen LogP contribution in [0.15, 0.2) is 16.7 Å². The number of nitrogens with zero attached hydrogens (tertiary/aromatic N) is 2. The van der Waals surface area contributed by atoms with Crippen molar-refractivity contribution in [2.24, 2.45) is 0 Å². The molecule has 98 valence electrons. The van der Waals surface area contributed by atoms with E-state index < -0.39 is 18.5 Å². The highest BCUT2D eigenvalue weighted by Gasteiger charge is 2.36. The maximum Gasteiger partial charge on any atom is 0.397 e. The minimum Gasteiger partial charge on any atom is -0.488 e. The maximum atomic E-state index is 12.2. The van der Waals surface area contributed by atoms with Crippen LogP contribution in [0.1, 0.15) is 6.42 Å². The summed E-state index contributed by atoms with van der Waals surface area (Å²) in [6.45, 7) is 0.214. The second kappa shape index (κ2) is 4.75. The molecule has 8 heteroatoms. The van der Waals surface area contributed by atoms with Crippen molar-refractivity contribution in [3.63, 3.8) is 0 Å². The molecule has 0 aromatic carbocycles. The molecule has 0 radical (unpaired) electrons. The van der Waals surface area contributed by atoms with Gasteiger partial charge in [0.15, 0.2) is 11.6 Å². The van der Waals surface area contributed by atoms with Crippen molar-refractivity contribution in [1.82, 2.24) is 4.98 Å². The van der Waals surface area contributed by atoms with Crippen molar-refractivity contribution in [2.45, 2.75) is 12.6 Å². The third kappa shape index (κ3) is 2.92. The molecule has 1 amide bonds. The highest BCUT2D eigenvalue weighted by molar-refractivity contribution is 9.10. The number of carbonyl (C=O) groups excluding carboxylic acids is 1. The van der Waals surface area contributed by atoms with Gasteiger partial charge in [-0.05, 0) is 22.0 Å². The Morgan fingerprint density at radius 3 is 2.94 bits per heavy atom. The van der Waals surface area contributed by atoms with Gasteiger partial charge in [-0.2, -0.15) is 13.2 Å². The Bertz CT molecular complexity index is 479. The van der Waals surface area contributed by atoms with Gasteiger partial charge >= 0.3 is 6.18 Å². The summed E-state index contributed by atoms with van der Waals surface area (Å²) in [5.74, 6) is -0.605. The summed E-state index contributed by atoms with van der Waals surface area (Å²) in [5.41, 5.74) is 0. The molecular weight excluding hydrogens is 317 g/mol. The fourth-order valence-corrected chi connectivity index (χ4v) is 1.90. The molecule has 0 fully saturated rings. The first-order valence-electron chi connectivity index (χ1n) is 5.02. The molecule has 1 aromatic heterocycles. The van der Waals surface area contributed by atoms with E-state index >= 15 is 0 Å². The summed E-state index contributed by atoms with van der Waals surface area (Å²) in [6, 6.07) is 1.56. The van der Waals surface area contributed by atoms with Crippen LogP contribution in [0, 0.1) is 0 Å². The summed E-state index contributed by atoms with van der Waals surface area (Å²) < 4.78 is 42.5. The van der Waals surface area contributed by atoms with Crippen molar-refractivity contribution in [1.29, 1.82) is 0 Å². The molecule has 0 N–H and O–H groups in total. The monoisotopic (exact) mass is 324 g/mol. The Hall–Kier alpha value is -1.31. The lowest BCUT2D eigenvalue weighted by Crippen LogP contribution is -2.40. The molecule has 18 heavy (non-hydrogen) atoms. The van der Waals surface area contributed by atoms with Gasteiger partial charge in [0.05, 0.1) is 6.54 Å². The molecule has 0 aliphatic carbocycles. The summed E-state index contributed by atoms with van der Waals surface area (Å²) in [5, 5.41) is 0. The lowest BCUT2D eigenvalue weighted by atomic mass is 10.3. The van der Waals surface area contributed by atoms with Gasteiger partial charge in [0, 0.05) is 10.7 Å². The van der Waals surface area contributed by atoms with Crippen LogP contribution in [0.25, 0.3) is 0 Å². The van der Waals surface area contributed by atoms with Crippen LogP contribution in [0.4, 0.5) is 19.0 Å². The van der Waals surface area contributed by atoms with Gasteiger partial charge in [0.25, 0.3) is 0 Å². The summed E-state index contributed by atoms with van der Waals surface area (Å²) in [4.78, 5) is 16.5. The Morgan fingerprint density at radius 1 is 1.56 bits per heavy atom. The standard InChI is InChI=1S/C10H8BrF3N2O2/c11-6-3-7-9(15-5-6)16(1-2-18-7)8(17)4-10(12,13)14/h3,5H,1-2,4H2. The number of halogens is 4. The fourth-order valence-electron chi connectivity index (χ4n) is 1.58. The number of carbonyl (C=O) groups is 1. The van der Waals surface area contributed by atoms with Gasteiger partial charge < -0.3 is 4.74 Å². The van der Waals surface area contributed by atoms with E-state index in [1.165, 1.54) is 6.20 Å². The van der Waals surface area contributed by atoms with E-state index in [0.29, 0.717) is 10.2 Å². The number of alkyl halides is 3. The van der Waals surface area contributed by atoms with Crippen molar-refractivity contribution >= 4 is 27.7 Å². The molecule has 0 atom stereocenters. The smallest absolute Gasteiger partial charge is 0.397 e. The predicted molar refractivity (Wildman–Crippen MR) is 60.5 cm³/mol. The number of ether oxygens (including phenoxy) is 1. The van der Waals surface area contributed by atoms with Gasteiger partial charge in [0.1, 0.15) is 13.0 Å². The third-order valence-corrected chi connectivity index (χ3v) is 2.71. The average molecular weight is 325 g/mol. The minimum absolute atomic E-state index is 0.0660. The van der Waals surface area contributed by atoms with E-state index in [1.807, 2.05) is 0 Å². The number of pyridine rings is 1. The third-order valence-electron chi connectivity index (χ3n) is 2.28. The zero-order valence-corrected chi connectivity index (χ0v) is 10.6. The van der Waals surface area contributed by atoms with Gasteiger partial charge in [-0.1, -0.05) is 0 Å². The van der Waals surface area contributed by atoms with Crippen LogP contribution in [-0.4, -0.2) is 30.2 Å². The van der Waals surface area contributed by atoms with E-state index in [9.17, 15) is 18.0 Å². The number of anilines is 1. The van der Waals surface area contributed by atoms with Gasteiger partial charge in [-0.3, -0.25) is 9.69 Å². The molecule has 0 unspecified atom stereocenters. The van der Waals surface area contributed by atoms with Crippen LogP contribution in [-0.2, 0) is 4.79 Å². The van der Waals surface area contributed by atoms with Crippen LogP contribution in [0.3, 0.4) is 0 Å². The lowest BCUT2D eigenvalue weighted by Gasteiger charge is -2.28. The summed E-state index contributed by atoms with van der Waals surface area (Å²) in [6.07, 6.45) is -4.61. The van der Waals surface area contributed by atoms with Crippen LogP contribution in [0.2, 0.25) is 0 Å². The molecule has 2 rings (SSSR count). The van der Waals surface area contributed by atoms with Gasteiger partial charge in [-0.25, -0.2) is 4.98 Å². The molecule has 2 heterocycles. The summed E-state index contributed by atoms with van der Waals surface area (Å²) >= 11 is 3.17. The molecule has 0 bridgehead atoms. The van der Waals surface area contributed by atoms with Crippen LogP contribution < -0.4 is 9.64 Å². The average Bonchev–Trinajstić information content (AvgIpc) is 2.25. The largest absolute Gasteiger partial charge is 0.488 e. The number of rotatable bonds is 1. The zero-order chi connectivity index (χ0) is 13.3. The van der Waals surface area contributed by atoms with Crippen molar-refractivity contribution in [3.05, 3.63) is 16.7 Å². The number of hydrogen-bond acceptors (Lipinski definition) is 3. The zero-order valence-electron chi connectivity index (χ0n) is 9.00. The topological polar surface area (TPSA) is 42.4 Å². The van der Waals surface area contributed by atoms with Crippen LogP contribution >= 0.6 is 15.9 Å². The molecule has 0 spiro atoms. The minimum atomic E-state index is -4.52. The van der Waals surface area contributed by atoms with E-state index in [4.69, 9.17) is 4.74 Å². The first-order valence-corrected chi connectivity index (χ1v) is 5.81. The quantitative estimate of drug-likeness (QED) is 0.797. The highest BCUT2D eigenvalue weighted by atomic mass is 79.9. The highest BCUT2D eigenvalue weighted by Crippen LogP contribution is 2.33. The number of fused-ring (bicyclic) bond motifs is 1. The number of amides is 1. The van der Waals surface area contributed by atoms with Crippen molar-refractivity contribution < 1.29 is 22.7 Å².